The predicted molar refractivity (Wildman–Crippen MR) is 48.6 cm³/mol. The van der Waals surface area contributed by atoms with Crippen molar-refractivity contribution in [2.75, 3.05) is 0 Å². The number of carbonyl (C=O) groups is 1. The van der Waals surface area contributed by atoms with E-state index in [9.17, 15) is 4.79 Å². The summed E-state index contributed by atoms with van der Waals surface area (Å²) in [4.78, 5) is 15.8. The molecule has 1 aromatic rings. The monoisotopic (exact) mass is 198 g/mol. The van der Waals surface area contributed by atoms with Gasteiger partial charge < -0.3 is 10.4 Å². The van der Waals surface area contributed by atoms with E-state index in [4.69, 9.17) is 5.11 Å². The van der Waals surface area contributed by atoms with E-state index in [2.05, 4.69) is 10.3 Å². The highest BCUT2D eigenvalue weighted by atomic mass is 32.1. The summed E-state index contributed by atoms with van der Waals surface area (Å²) in [6, 6.07) is 0.143. The molecule has 1 amide bonds. The first-order valence-corrected chi connectivity index (χ1v) is 5.01. The van der Waals surface area contributed by atoms with Gasteiger partial charge in [0.2, 0.25) is 0 Å². The van der Waals surface area contributed by atoms with Crippen LogP contribution < -0.4 is 5.32 Å². The molecule has 0 atom stereocenters. The number of hydrogen-bond donors (Lipinski definition) is 2. The van der Waals surface area contributed by atoms with E-state index in [1.54, 1.807) is 11.7 Å². The number of aromatic nitrogens is 1. The van der Waals surface area contributed by atoms with Gasteiger partial charge in [-0.05, 0) is 12.8 Å². The lowest BCUT2D eigenvalue weighted by molar-refractivity contribution is 0.0564. The molecule has 1 saturated carbocycles. The van der Waals surface area contributed by atoms with Crippen LogP contribution in [0.2, 0.25) is 0 Å². The van der Waals surface area contributed by atoms with Crippen LogP contribution in [0.3, 0.4) is 0 Å². The minimum Gasteiger partial charge on any atom is -0.393 e. The maximum atomic E-state index is 11.4. The van der Waals surface area contributed by atoms with Crippen LogP contribution in [0.25, 0.3) is 0 Å². The average molecular weight is 198 g/mol. The standard InChI is InChI=1S/C8H10N2O2S/c11-6-1-5(2-6)10-8(12)7-3-9-4-13-7/h3-6,11H,1-2H2,(H,10,12). The summed E-state index contributed by atoms with van der Waals surface area (Å²) in [7, 11) is 0. The van der Waals surface area contributed by atoms with Gasteiger partial charge in [-0.3, -0.25) is 9.78 Å². The first-order valence-electron chi connectivity index (χ1n) is 4.13. The van der Waals surface area contributed by atoms with Crippen LogP contribution in [-0.4, -0.2) is 28.1 Å². The summed E-state index contributed by atoms with van der Waals surface area (Å²) in [5, 5.41) is 11.8. The summed E-state index contributed by atoms with van der Waals surface area (Å²) >= 11 is 1.32. The molecule has 0 aliphatic heterocycles. The number of rotatable bonds is 2. The molecule has 5 heteroatoms. The van der Waals surface area contributed by atoms with Crippen molar-refractivity contribution in [3.63, 3.8) is 0 Å². The van der Waals surface area contributed by atoms with Gasteiger partial charge in [-0.25, -0.2) is 0 Å². The van der Waals surface area contributed by atoms with Crippen LogP contribution >= 0.6 is 11.3 Å². The molecular weight excluding hydrogens is 188 g/mol. The van der Waals surface area contributed by atoms with Crippen molar-refractivity contribution in [3.8, 4) is 0 Å². The van der Waals surface area contributed by atoms with Gasteiger partial charge >= 0.3 is 0 Å². The Morgan fingerprint density at radius 2 is 2.46 bits per heavy atom. The summed E-state index contributed by atoms with van der Waals surface area (Å²) < 4.78 is 0. The van der Waals surface area contributed by atoms with E-state index in [0.717, 1.165) is 0 Å². The number of aliphatic hydroxyl groups is 1. The summed E-state index contributed by atoms with van der Waals surface area (Å²) in [5.41, 5.74) is 1.63. The second-order valence-electron chi connectivity index (χ2n) is 3.16. The lowest BCUT2D eigenvalue weighted by Crippen LogP contribution is -2.46. The number of amides is 1. The lowest BCUT2D eigenvalue weighted by atomic mass is 9.89. The Bertz CT molecular complexity index is 293. The van der Waals surface area contributed by atoms with Gasteiger partial charge in [0, 0.05) is 6.04 Å². The predicted octanol–water partition coefficient (Wildman–Crippen LogP) is 0.396. The Morgan fingerprint density at radius 1 is 1.69 bits per heavy atom. The zero-order valence-corrected chi connectivity index (χ0v) is 7.75. The van der Waals surface area contributed by atoms with Crippen molar-refractivity contribution >= 4 is 17.2 Å². The lowest BCUT2D eigenvalue weighted by Gasteiger charge is -2.31. The quantitative estimate of drug-likeness (QED) is 0.723. The minimum atomic E-state index is -0.230. The van der Waals surface area contributed by atoms with E-state index in [1.165, 1.54) is 11.3 Å². The molecule has 2 rings (SSSR count). The van der Waals surface area contributed by atoms with Crippen LogP contribution in [-0.2, 0) is 0 Å². The third-order valence-electron chi connectivity index (χ3n) is 2.10. The summed E-state index contributed by atoms with van der Waals surface area (Å²) in [6.07, 6.45) is 2.66. The van der Waals surface area contributed by atoms with Crippen molar-refractivity contribution in [2.45, 2.75) is 25.0 Å². The van der Waals surface area contributed by atoms with Crippen molar-refractivity contribution in [1.29, 1.82) is 0 Å². The van der Waals surface area contributed by atoms with Crippen LogP contribution in [0.15, 0.2) is 11.7 Å². The number of hydrogen-bond acceptors (Lipinski definition) is 4. The second kappa shape index (κ2) is 3.43. The Balaban J connectivity index is 1.86. The topological polar surface area (TPSA) is 62.2 Å². The molecule has 0 spiro atoms. The maximum absolute atomic E-state index is 11.4. The largest absolute Gasteiger partial charge is 0.393 e. The van der Waals surface area contributed by atoms with Crippen molar-refractivity contribution < 1.29 is 9.90 Å². The normalized spacial score (nSPS) is 26.5. The molecule has 2 N–H and O–H groups in total. The number of thiazole rings is 1. The molecule has 0 bridgehead atoms. The molecule has 0 unspecified atom stereocenters. The maximum Gasteiger partial charge on any atom is 0.263 e. The molecule has 0 aromatic carbocycles. The van der Waals surface area contributed by atoms with Crippen LogP contribution in [0.5, 0.6) is 0 Å². The number of nitrogens with zero attached hydrogens (tertiary/aromatic N) is 1. The Morgan fingerprint density at radius 3 is 3.00 bits per heavy atom. The fourth-order valence-corrected chi connectivity index (χ4v) is 1.81. The molecule has 13 heavy (non-hydrogen) atoms. The highest BCUT2D eigenvalue weighted by molar-refractivity contribution is 7.11. The van der Waals surface area contributed by atoms with Crippen molar-refractivity contribution in [2.24, 2.45) is 0 Å². The molecule has 70 valence electrons. The number of aliphatic hydroxyl groups excluding tert-OH is 1. The van der Waals surface area contributed by atoms with Crippen LogP contribution in [0.1, 0.15) is 22.5 Å². The van der Waals surface area contributed by atoms with E-state index >= 15 is 0 Å². The van der Waals surface area contributed by atoms with Crippen molar-refractivity contribution in [1.82, 2.24) is 10.3 Å². The third-order valence-corrected chi connectivity index (χ3v) is 2.88. The summed E-state index contributed by atoms with van der Waals surface area (Å²) in [5.74, 6) is -0.0839. The fraction of sp³-hybridized carbons (Fsp3) is 0.500. The van der Waals surface area contributed by atoms with E-state index in [-0.39, 0.29) is 18.1 Å². The fourth-order valence-electron chi connectivity index (χ4n) is 1.29. The Hall–Kier alpha value is -0.940. The Kier molecular flexibility index (Phi) is 2.28. The Labute approximate surface area is 79.6 Å². The number of nitrogens with one attached hydrogen (secondary N) is 1. The molecule has 1 aliphatic carbocycles. The molecule has 4 nitrogen and oxygen atoms in total. The van der Waals surface area contributed by atoms with Gasteiger partial charge in [-0.15, -0.1) is 11.3 Å². The SMILES string of the molecule is O=C(NC1CC(O)C1)c1cncs1. The highest BCUT2D eigenvalue weighted by Gasteiger charge is 2.28. The van der Waals surface area contributed by atoms with Gasteiger partial charge in [0.15, 0.2) is 0 Å². The van der Waals surface area contributed by atoms with Crippen LogP contribution in [0.4, 0.5) is 0 Å². The zero-order chi connectivity index (χ0) is 9.26. The van der Waals surface area contributed by atoms with E-state index in [1.807, 2.05) is 0 Å². The molecular formula is C8H10N2O2S. The van der Waals surface area contributed by atoms with E-state index < -0.39 is 0 Å². The van der Waals surface area contributed by atoms with Crippen molar-refractivity contribution in [3.05, 3.63) is 16.6 Å². The van der Waals surface area contributed by atoms with Gasteiger partial charge in [-0.2, -0.15) is 0 Å². The molecule has 1 aliphatic rings. The molecule has 1 fully saturated rings. The molecule has 0 radical (unpaired) electrons. The highest BCUT2D eigenvalue weighted by Crippen LogP contribution is 2.20. The van der Waals surface area contributed by atoms with E-state index in [0.29, 0.717) is 17.7 Å². The zero-order valence-electron chi connectivity index (χ0n) is 6.93. The van der Waals surface area contributed by atoms with Gasteiger partial charge in [0.1, 0.15) is 4.88 Å². The average Bonchev–Trinajstić information content (AvgIpc) is 2.53. The van der Waals surface area contributed by atoms with Gasteiger partial charge in [0.25, 0.3) is 5.91 Å². The number of carbonyl (C=O) groups excluding carboxylic acids is 1. The minimum absolute atomic E-state index is 0.0839. The molecule has 0 saturated heterocycles. The van der Waals surface area contributed by atoms with Gasteiger partial charge in [-0.1, -0.05) is 0 Å². The van der Waals surface area contributed by atoms with Gasteiger partial charge in [0.05, 0.1) is 17.8 Å². The van der Waals surface area contributed by atoms with Crippen LogP contribution in [0, 0.1) is 0 Å². The third kappa shape index (κ3) is 1.87. The molecule has 1 heterocycles. The first kappa shape index (κ1) is 8.65. The first-order chi connectivity index (χ1) is 6.25. The smallest absolute Gasteiger partial charge is 0.263 e. The molecule has 1 aromatic heterocycles. The second-order valence-corrected chi connectivity index (χ2v) is 4.05. The summed E-state index contributed by atoms with van der Waals surface area (Å²) in [6.45, 7) is 0.